The Hall–Kier alpha value is -0.380. The van der Waals surface area contributed by atoms with Crippen LogP contribution in [0.2, 0.25) is 0 Å². The molecule has 0 aromatic carbocycles. The molecule has 3 atom stereocenters. The van der Waals surface area contributed by atoms with E-state index in [-0.39, 0.29) is 11.6 Å². The molecule has 0 aliphatic heterocycles. The lowest BCUT2D eigenvalue weighted by Crippen LogP contribution is -2.68. The highest BCUT2D eigenvalue weighted by Gasteiger charge is 2.41. The van der Waals surface area contributed by atoms with Gasteiger partial charge in [-0.25, -0.2) is 0 Å². The first-order valence-electron chi connectivity index (χ1n) is 4.27. The second-order valence-corrected chi connectivity index (χ2v) is 4.52. The molecule has 0 saturated heterocycles. The van der Waals surface area contributed by atoms with Crippen molar-refractivity contribution < 1.29 is 0 Å². The molecule has 0 heterocycles. The van der Waals surface area contributed by atoms with Crippen molar-refractivity contribution in [2.75, 3.05) is 0 Å². The number of hydrogen-bond acceptors (Lipinski definition) is 3. The van der Waals surface area contributed by atoms with Gasteiger partial charge in [0.25, 0.3) is 0 Å². The topological polar surface area (TPSA) is 78.1 Å². The lowest BCUT2D eigenvalue weighted by Gasteiger charge is -2.44. The maximum absolute atomic E-state index is 6.04. The van der Waals surface area contributed by atoms with Gasteiger partial charge in [0, 0.05) is 17.1 Å². The Morgan fingerprint density at radius 2 is 1.92 bits per heavy atom. The Labute approximate surface area is 74.0 Å². The molecule has 3 heteroatoms. The van der Waals surface area contributed by atoms with E-state index in [1.54, 1.807) is 0 Å². The van der Waals surface area contributed by atoms with Crippen molar-refractivity contribution in [3.63, 3.8) is 0 Å². The minimum Gasteiger partial charge on any atom is -0.324 e. The van der Waals surface area contributed by atoms with Gasteiger partial charge in [0.15, 0.2) is 0 Å². The van der Waals surface area contributed by atoms with Crippen LogP contribution >= 0.6 is 0 Å². The summed E-state index contributed by atoms with van der Waals surface area (Å²) in [5, 5.41) is 0. The van der Waals surface area contributed by atoms with Gasteiger partial charge in [0.2, 0.25) is 0 Å². The molecule has 0 radical (unpaired) electrons. The molecule has 0 aromatic rings. The third-order valence-electron chi connectivity index (χ3n) is 2.60. The average Bonchev–Trinajstić information content (AvgIpc) is 1.80. The second-order valence-electron chi connectivity index (χ2n) is 4.52. The van der Waals surface area contributed by atoms with Gasteiger partial charge < -0.3 is 17.2 Å². The summed E-state index contributed by atoms with van der Waals surface area (Å²) in [4.78, 5) is 0. The van der Waals surface area contributed by atoms with Crippen LogP contribution < -0.4 is 17.2 Å². The van der Waals surface area contributed by atoms with Gasteiger partial charge in [0.1, 0.15) is 0 Å². The van der Waals surface area contributed by atoms with Crippen molar-refractivity contribution >= 4 is 0 Å². The summed E-state index contributed by atoms with van der Waals surface area (Å²) in [6.45, 7) is 5.92. The summed E-state index contributed by atoms with van der Waals surface area (Å²) in [5.41, 5.74) is 18.4. The summed E-state index contributed by atoms with van der Waals surface area (Å²) >= 11 is 0. The fourth-order valence-electron chi connectivity index (χ4n) is 2.09. The monoisotopic (exact) mass is 169 g/mol. The van der Waals surface area contributed by atoms with Crippen molar-refractivity contribution in [3.8, 4) is 0 Å². The Bertz CT molecular complexity index is 216. The van der Waals surface area contributed by atoms with E-state index in [1.165, 1.54) is 5.57 Å². The molecule has 0 amide bonds. The molecule has 3 nitrogen and oxygen atoms in total. The summed E-state index contributed by atoms with van der Waals surface area (Å²) in [6, 6.07) is -0.173. The highest BCUT2D eigenvalue weighted by Crippen LogP contribution is 2.29. The molecule has 12 heavy (non-hydrogen) atoms. The van der Waals surface area contributed by atoms with E-state index in [9.17, 15) is 0 Å². The molecule has 70 valence electrons. The van der Waals surface area contributed by atoms with E-state index >= 15 is 0 Å². The van der Waals surface area contributed by atoms with Crippen molar-refractivity contribution in [2.45, 2.75) is 44.3 Å². The standard InChI is InChI=1S/C9H19N3/c1-6-4-8(2,11)7(10)9(3,12)5-6/h4,7H,5,10-12H2,1-3H3. The van der Waals surface area contributed by atoms with Crippen molar-refractivity contribution in [3.05, 3.63) is 11.6 Å². The van der Waals surface area contributed by atoms with Gasteiger partial charge in [-0.2, -0.15) is 0 Å². The van der Waals surface area contributed by atoms with Gasteiger partial charge in [-0.15, -0.1) is 0 Å². The fourth-order valence-corrected chi connectivity index (χ4v) is 2.09. The maximum Gasteiger partial charge on any atom is 0.0484 e. The van der Waals surface area contributed by atoms with Gasteiger partial charge in [-0.1, -0.05) is 11.6 Å². The van der Waals surface area contributed by atoms with Crippen LogP contribution in [0.15, 0.2) is 11.6 Å². The van der Waals surface area contributed by atoms with E-state index in [0.717, 1.165) is 6.42 Å². The normalized spacial score (nSPS) is 48.8. The highest BCUT2D eigenvalue weighted by molar-refractivity contribution is 5.25. The quantitative estimate of drug-likeness (QED) is 0.450. The first-order chi connectivity index (χ1) is 5.26. The maximum atomic E-state index is 6.04. The predicted molar refractivity (Wildman–Crippen MR) is 51.5 cm³/mol. The number of nitrogens with two attached hydrogens (primary N) is 3. The minimum atomic E-state index is -0.466. The van der Waals surface area contributed by atoms with Crippen LogP contribution in [0.3, 0.4) is 0 Å². The molecule has 6 N–H and O–H groups in total. The Kier molecular flexibility index (Phi) is 2.07. The van der Waals surface area contributed by atoms with E-state index in [4.69, 9.17) is 17.2 Å². The van der Waals surface area contributed by atoms with Gasteiger partial charge in [-0.3, -0.25) is 0 Å². The molecule has 0 aromatic heterocycles. The SMILES string of the molecule is CC1=CC(C)(N)C(N)C(C)(N)C1. The smallest absolute Gasteiger partial charge is 0.0484 e. The number of rotatable bonds is 0. The van der Waals surface area contributed by atoms with E-state index in [0.29, 0.717) is 0 Å². The fraction of sp³-hybridized carbons (Fsp3) is 0.778. The second kappa shape index (κ2) is 2.55. The molecule has 0 spiro atoms. The molecule has 1 aliphatic rings. The van der Waals surface area contributed by atoms with Crippen LogP contribution in [0, 0.1) is 0 Å². The summed E-state index contributed by atoms with van der Waals surface area (Å²) in [7, 11) is 0. The molecule has 0 saturated carbocycles. The third kappa shape index (κ3) is 1.53. The van der Waals surface area contributed by atoms with E-state index < -0.39 is 5.54 Å². The van der Waals surface area contributed by atoms with Crippen LogP contribution in [0.1, 0.15) is 27.2 Å². The Morgan fingerprint density at radius 1 is 1.42 bits per heavy atom. The van der Waals surface area contributed by atoms with Crippen molar-refractivity contribution in [1.29, 1.82) is 0 Å². The predicted octanol–water partition coefficient (Wildman–Crippen LogP) is 0.0985. The van der Waals surface area contributed by atoms with Gasteiger partial charge in [0.05, 0.1) is 0 Å². The molecule has 1 aliphatic carbocycles. The zero-order valence-electron chi connectivity index (χ0n) is 8.09. The van der Waals surface area contributed by atoms with Crippen LogP contribution in [0.25, 0.3) is 0 Å². The lowest BCUT2D eigenvalue weighted by molar-refractivity contribution is 0.272. The van der Waals surface area contributed by atoms with Crippen LogP contribution in [0.5, 0.6) is 0 Å². The molecule has 0 fully saturated rings. The van der Waals surface area contributed by atoms with Gasteiger partial charge in [-0.05, 0) is 27.2 Å². The molecule has 0 bridgehead atoms. The molecule has 1 rings (SSSR count). The Balaban J connectivity index is 3.02. The summed E-state index contributed by atoms with van der Waals surface area (Å²) < 4.78 is 0. The lowest BCUT2D eigenvalue weighted by atomic mass is 9.71. The van der Waals surface area contributed by atoms with Gasteiger partial charge >= 0.3 is 0 Å². The van der Waals surface area contributed by atoms with E-state index in [1.807, 2.05) is 26.8 Å². The zero-order valence-corrected chi connectivity index (χ0v) is 8.09. The largest absolute Gasteiger partial charge is 0.324 e. The third-order valence-corrected chi connectivity index (χ3v) is 2.60. The molecular formula is C9H19N3. The molecular weight excluding hydrogens is 150 g/mol. The number of hydrogen-bond donors (Lipinski definition) is 3. The van der Waals surface area contributed by atoms with Crippen LogP contribution in [-0.2, 0) is 0 Å². The van der Waals surface area contributed by atoms with Crippen molar-refractivity contribution in [2.24, 2.45) is 17.2 Å². The summed E-state index contributed by atoms with van der Waals surface area (Å²) in [5.74, 6) is 0. The first kappa shape index (κ1) is 9.71. The first-order valence-corrected chi connectivity index (χ1v) is 4.27. The van der Waals surface area contributed by atoms with Crippen LogP contribution in [0.4, 0.5) is 0 Å². The minimum absolute atomic E-state index is 0.173. The summed E-state index contributed by atoms with van der Waals surface area (Å²) in [6.07, 6.45) is 2.85. The zero-order chi connectivity index (χ0) is 9.57. The Morgan fingerprint density at radius 3 is 2.33 bits per heavy atom. The van der Waals surface area contributed by atoms with Crippen LogP contribution in [-0.4, -0.2) is 17.1 Å². The van der Waals surface area contributed by atoms with Crippen molar-refractivity contribution in [1.82, 2.24) is 0 Å². The highest BCUT2D eigenvalue weighted by atomic mass is 14.9. The van der Waals surface area contributed by atoms with E-state index in [2.05, 4.69) is 0 Å². The molecule has 3 unspecified atom stereocenters. The average molecular weight is 169 g/mol.